The van der Waals surface area contributed by atoms with Crippen molar-refractivity contribution in [2.75, 3.05) is 25.4 Å². The zero-order valence-corrected chi connectivity index (χ0v) is 13.5. The number of hydrogen-bond donors (Lipinski definition) is 1. The van der Waals surface area contributed by atoms with Crippen LogP contribution < -0.4 is 4.72 Å². The van der Waals surface area contributed by atoms with Gasteiger partial charge in [-0.2, -0.15) is 0 Å². The third kappa shape index (κ3) is 5.73. The standard InChI is InChI=1S/C15H25N3O2S/c1-2-10-21(19,20)17-11-14-6-5-9-18(12-14)13-15-7-3-4-8-16-15/h3-4,7-8,14,17H,2,5-6,9-13H2,1H3/t14-/m1/s1. The maximum absolute atomic E-state index is 11.7. The molecule has 1 aliphatic rings. The normalized spacial score (nSPS) is 20.5. The van der Waals surface area contributed by atoms with Gasteiger partial charge >= 0.3 is 0 Å². The molecule has 0 saturated carbocycles. The molecule has 1 N–H and O–H groups in total. The summed E-state index contributed by atoms with van der Waals surface area (Å²) in [4.78, 5) is 6.72. The molecule has 1 aliphatic heterocycles. The van der Waals surface area contributed by atoms with Gasteiger partial charge in [0.05, 0.1) is 11.4 Å². The van der Waals surface area contributed by atoms with E-state index in [0.29, 0.717) is 18.9 Å². The summed E-state index contributed by atoms with van der Waals surface area (Å²) in [5.41, 5.74) is 1.07. The summed E-state index contributed by atoms with van der Waals surface area (Å²) in [6, 6.07) is 5.96. The van der Waals surface area contributed by atoms with Crippen molar-refractivity contribution in [2.45, 2.75) is 32.7 Å². The Morgan fingerprint density at radius 3 is 3.00 bits per heavy atom. The average molecular weight is 311 g/mol. The molecule has 0 aromatic carbocycles. The fraction of sp³-hybridized carbons (Fsp3) is 0.667. The highest BCUT2D eigenvalue weighted by Gasteiger charge is 2.21. The van der Waals surface area contributed by atoms with Crippen LogP contribution in [-0.2, 0) is 16.6 Å². The van der Waals surface area contributed by atoms with Crippen LogP contribution in [0.25, 0.3) is 0 Å². The molecule has 1 aromatic rings. The Hall–Kier alpha value is -0.980. The molecule has 0 amide bonds. The molecule has 0 aliphatic carbocycles. The van der Waals surface area contributed by atoms with Gasteiger partial charge in [0.15, 0.2) is 0 Å². The summed E-state index contributed by atoms with van der Waals surface area (Å²) in [6.45, 7) is 5.29. The third-order valence-corrected chi connectivity index (χ3v) is 5.33. The van der Waals surface area contributed by atoms with E-state index in [0.717, 1.165) is 38.2 Å². The van der Waals surface area contributed by atoms with Gasteiger partial charge in [0.25, 0.3) is 0 Å². The van der Waals surface area contributed by atoms with Gasteiger partial charge in [0, 0.05) is 25.8 Å². The van der Waals surface area contributed by atoms with Gasteiger partial charge < -0.3 is 0 Å². The Balaban J connectivity index is 1.81. The molecule has 6 heteroatoms. The molecular weight excluding hydrogens is 286 g/mol. The van der Waals surface area contributed by atoms with Crippen molar-refractivity contribution in [1.82, 2.24) is 14.6 Å². The highest BCUT2D eigenvalue weighted by Crippen LogP contribution is 2.17. The minimum Gasteiger partial charge on any atom is -0.297 e. The van der Waals surface area contributed by atoms with E-state index in [9.17, 15) is 8.42 Å². The molecule has 5 nitrogen and oxygen atoms in total. The van der Waals surface area contributed by atoms with E-state index in [1.54, 1.807) is 0 Å². The lowest BCUT2D eigenvalue weighted by atomic mass is 9.98. The van der Waals surface area contributed by atoms with E-state index in [-0.39, 0.29) is 5.75 Å². The van der Waals surface area contributed by atoms with Crippen molar-refractivity contribution in [3.8, 4) is 0 Å². The molecule has 0 spiro atoms. The first-order valence-corrected chi connectivity index (χ1v) is 9.34. The van der Waals surface area contributed by atoms with Gasteiger partial charge in [-0.15, -0.1) is 0 Å². The van der Waals surface area contributed by atoms with Crippen molar-refractivity contribution in [2.24, 2.45) is 5.92 Å². The number of nitrogens with zero attached hydrogens (tertiary/aromatic N) is 2. The molecular formula is C15H25N3O2S. The van der Waals surface area contributed by atoms with Gasteiger partial charge in [-0.3, -0.25) is 9.88 Å². The largest absolute Gasteiger partial charge is 0.297 e. The topological polar surface area (TPSA) is 62.3 Å². The number of rotatable bonds is 7. The second kappa shape index (κ2) is 7.87. The lowest BCUT2D eigenvalue weighted by Crippen LogP contribution is -2.41. The van der Waals surface area contributed by atoms with Crippen LogP contribution in [0.4, 0.5) is 0 Å². The lowest BCUT2D eigenvalue weighted by molar-refractivity contribution is 0.167. The Morgan fingerprint density at radius 2 is 2.29 bits per heavy atom. The quantitative estimate of drug-likeness (QED) is 0.831. The number of nitrogens with one attached hydrogen (secondary N) is 1. The number of likely N-dealkylation sites (tertiary alicyclic amines) is 1. The van der Waals surface area contributed by atoms with Gasteiger partial charge in [-0.1, -0.05) is 13.0 Å². The van der Waals surface area contributed by atoms with E-state index in [1.807, 2.05) is 31.3 Å². The van der Waals surface area contributed by atoms with Crippen LogP contribution in [0.5, 0.6) is 0 Å². The van der Waals surface area contributed by atoms with Gasteiger partial charge in [-0.05, 0) is 43.9 Å². The summed E-state index contributed by atoms with van der Waals surface area (Å²) in [5, 5.41) is 0. The predicted molar refractivity (Wildman–Crippen MR) is 84.3 cm³/mol. The lowest BCUT2D eigenvalue weighted by Gasteiger charge is -2.32. The van der Waals surface area contributed by atoms with Gasteiger partial charge in [0.2, 0.25) is 10.0 Å². The van der Waals surface area contributed by atoms with E-state index in [2.05, 4.69) is 14.6 Å². The molecule has 118 valence electrons. The first kappa shape index (κ1) is 16.4. The monoisotopic (exact) mass is 311 g/mol. The van der Waals surface area contributed by atoms with Crippen molar-refractivity contribution < 1.29 is 8.42 Å². The van der Waals surface area contributed by atoms with Crippen molar-refractivity contribution >= 4 is 10.0 Å². The van der Waals surface area contributed by atoms with E-state index >= 15 is 0 Å². The molecule has 0 unspecified atom stereocenters. The first-order chi connectivity index (χ1) is 10.1. The van der Waals surface area contributed by atoms with Crippen LogP contribution in [-0.4, -0.2) is 43.7 Å². The molecule has 2 rings (SSSR count). The minimum atomic E-state index is -3.09. The zero-order valence-electron chi connectivity index (χ0n) is 12.7. The smallest absolute Gasteiger partial charge is 0.211 e. The Kier molecular flexibility index (Phi) is 6.14. The van der Waals surface area contributed by atoms with Crippen LogP contribution in [0.15, 0.2) is 24.4 Å². The Bertz CT molecular complexity index is 519. The number of pyridine rings is 1. The van der Waals surface area contributed by atoms with Crippen molar-refractivity contribution in [3.63, 3.8) is 0 Å². The average Bonchev–Trinajstić information content (AvgIpc) is 2.47. The van der Waals surface area contributed by atoms with Crippen LogP contribution >= 0.6 is 0 Å². The molecule has 1 fully saturated rings. The fourth-order valence-electron chi connectivity index (χ4n) is 2.77. The Morgan fingerprint density at radius 1 is 1.43 bits per heavy atom. The minimum absolute atomic E-state index is 0.220. The molecule has 0 radical (unpaired) electrons. The molecule has 1 atom stereocenters. The summed E-state index contributed by atoms with van der Waals surface area (Å²) in [7, 11) is -3.09. The Labute approximate surface area is 127 Å². The second-order valence-electron chi connectivity index (χ2n) is 5.73. The van der Waals surface area contributed by atoms with E-state index in [1.165, 1.54) is 0 Å². The fourth-order valence-corrected chi connectivity index (χ4v) is 3.94. The SMILES string of the molecule is CCCS(=O)(=O)NC[C@H]1CCCN(Cc2ccccn2)C1. The van der Waals surface area contributed by atoms with Gasteiger partial charge in [0.1, 0.15) is 0 Å². The first-order valence-electron chi connectivity index (χ1n) is 7.68. The van der Waals surface area contributed by atoms with E-state index < -0.39 is 10.0 Å². The van der Waals surface area contributed by atoms with Crippen LogP contribution in [0.3, 0.4) is 0 Å². The maximum atomic E-state index is 11.7. The zero-order chi connectivity index (χ0) is 15.1. The van der Waals surface area contributed by atoms with Crippen LogP contribution in [0.1, 0.15) is 31.9 Å². The predicted octanol–water partition coefficient (Wildman–Crippen LogP) is 1.62. The summed E-state index contributed by atoms with van der Waals surface area (Å²) in [5.74, 6) is 0.617. The molecule has 2 heterocycles. The molecule has 1 aromatic heterocycles. The van der Waals surface area contributed by atoms with E-state index in [4.69, 9.17) is 0 Å². The van der Waals surface area contributed by atoms with Gasteiger partial charge in [-0.25, -0.2) is 13.1 Å². The van der Waals surface area contributed by atoms with Crippen molar-refractivity contribution in [1.29, 1.82) is 0 Å². The summed E-state index contributed by atoms with van der Waals surface area (Å²) < 4.78 is 26.2. The van der Waals surface area contributed by atoms with Crippen molar-refractivity contribution in [3.05, 3.63) is 30.1 Å². The molecule has 21 heavy (non-hydrogen) atoms. The summed E-state index contributed by atoms with van der Waals surface area (Å²) in [6.07, 6.45) is 4.68. The van der Waals surface area contributed by atoms with Crippen LogP contribution in [0, 0.1) is 5.92 Å². The number of aromatic nitrogens is 1. The number of sulfonamides is 1. The molecule has 0 bridgehead atoms. The second-order valence-corrected chi connectivity index (χ2v) is 7.66. The highest BCUT2D eigenvalue weighted by atomic mass is 32.2. The molecule has 1 saturated heterocycles. The number of hydrogen-bond acceptors (Lipinski definition) is 4. The maximum Gasteiger partial charge on any atom is 0.211 e. The third-order valence-electron chi connectivity index (χ3n) is 3.78. The van der Waals surface area contributed by atoms with Crippen LogP contribution in [0.2, 0.25) is 0 Å². The number of piperidine rings is 1. The highest BCUT2D eigenvalue weighted by molar-refractivity contribution is 7.89. The summed E-state index contributed by atoms with van der Waals surface area (Å²) >= 11 is 0.